The van der Waals surface area contributed by atoms with Crippen LogP contribution in [-0.2, 0) is 22.9 Å². The quantitative estimate of drug-likeness (QED) is 0.832. The summed E-state index contributed by atoms with van der Waals surface area (Å²) in [4.78, 5) is 0.364. The van der Waals surface area contributed by atoms with Gasteiger partial charge in [0.05, 0.1) is 4.90 Å². The number of hydrogen-bond donors (Lipinski definition) is 2. The summed E-state index contributed by atoms with van der Waals surface area (Å²) in [5.41, 5.74) is 8.06. The molecule has 1 unspecified atom stereocenters. The minimum absolute atomic E-state index is 0.178. The third-order valence-electron chi connectivity index (χ3n) is 3.62. The first kappa shape index (κ1) is 14.5. The van der Waals surface area contributed by atoms with Crippen LogP contribution in [0, 0.1) is 0 Å². The van der Waals surface area contributed by atoms with E-state index >= 15 is 0 Å². The van der Waals surface area contributed by atoms with Gasteiger partial charge in [-0.05, 0) is 48.9 Å². The molecular weight excluding hydrogens is 260 g/mol. The molecule has 19 heavy (non-hydrogen) atoms. The summed E-state index contributed by atoms with van der Waals surface area (Å²) < 4.78 is 27.3. The Morgan fingerprint density at radius 3 is 2.74 bits per heavy atom. The SMILES string of the molecule is CCCC(CN)NS(=O)(=O)c1ccc2c(c1)CCC2. The highest BCUT2D eigenvalue weighted by molar-refractivity contribution is 7.89. The first-order chi connectivity index (χ1) is 9.06. The molecule has 2 rings (SSSR count). The number of fused-ring (bicyclic) bond motifs is 1. The van der Waals surface area contributed by atoms with Crippen molar-refractivity contribution in [2.24, 2.45) is 5.73 Å². The van der Waals surface area contributed by atoms with Gasteiger partial charge in [-0.1, -0.05) is 19.4 Å². The zero-order valence-corrected chi connectivity index (χ0v) is 12.2. The van der Waals surface area contributed by atoms with Gasteiger partial charge in [0.15, 0.2) is 0 Å². The van der Waals surface area contributed by atoms with Crippen molar-refractivity contribution in [1.82, 2.24) is 4.72 Å². The number of aryl methyl sites for hydroxylation is 2. The highest BCUT2D eigenvalue weighted by atomic mass is 32.2. The Hall–Kier alpha value is -0.910. The van der Waals surface area contributed by atoms with E-state index in [1.54, 1.807) is 6.07 Å². The Bertz CT molecular complexity index is 540. The second-order valence-electron chi connectivity index (χ2n) is 5.13. The molecule has 1 aromatic carbocycles. The molecule has 3 N–H and O–H groups in total. The van der Waals surface area contributed by atoms with E-state index in [2.05, 4.69) is 4.72 Å². The van der Waals surface area contributed by atoms with Gasteiger partial charge in [-0.25, -0.2) is 13.1 Å². The molecule has 106 valence electrons. The molecule has 0 saturated heterocycles. The molecule has 0 fully saturated rings. The molecule has 0 aliphatic heterocycles. The number of sulfonamides is 1. The van der Waals surface area contributed by atoms with Crippen LogP contribution in [0.25, 0.3) is 0 Å². The lowest BCUT2D eigenvalue weighted by atomic mass is 10.1. The molecule has 1 aliphatic rings. The fourth-order valence-corrected chi connectivity index (χ4v) is 3.91. The van der Waals surface area contributed by atoms with Gasteiger partial charge in [0, 0.05) is 12.6 Å². The summed E-state index contributed by atoms with van der Waals surface area (Å²) in [7, 11) is -3.45. The van der Waals surface area contributed by atoms with Gasteiger partial charge < -0.3 is 5.73 Å². The normalized spacial score (nSPS) is 16.3. The van der Waals surface area contributed by atoms with E-state index in [-0.39, 0.29) is 6.04 Å². The van der Waals surface area contributed by atoms with Crippen LogP contribution in [0.1, 0.15) is 37.3 Å². The molecule has 0 radical (unpaired) electrons. The predicted molar refractivity (Wildman–Crippen MR) is 76.5 cm³/mol. The fourth-order valence-electron chi connectivity index (χ4n) is 2.58. The standard InChI is InChI=1S/C14H22N2O2S/c1-2-4-13(10-15)16-19(17,18)14-8-7-11-5-3-6-12(11)9-14/h7-9,13,16H,2-6,10,15H2,1H3. The molecule has 0 bridgehead atoms. The minimum atomic E-state index is -3.45. The van der Waals surface area contributed by atoms with Crippen LogP contribution >= 0.6 is 0 Å². The Labute approximate surface area is 115 Å². The molecule has 0 spiro atoms. The Morgan fingerprint density at radius 1 is 1.32 bits per heavy atom. The maximum atomic E-state index is 12.3. The number of rotatable bonds is 6. The van der Waals surface area contributed by atoms with E-state index in [4.69, 9.17) is 5.73 Å². The fraction of sp³-hybridized carbons (Fsp3) is 0.571. The van der Waals surface area contributed by atoms with Crippen molar-refractivity contribution >= 4 is 10.0 Å². The van der Waals surface area contributed by atoms with Crippen LogP contribution in [0.4, 0.5) is 0 Å². The maximum absolute atomic E-state index is 12.3. The first-order valence-corrected chi connectivity index (χ1v) is 8.39. The Kier molecular flexibility index (Phi) is 4.60. The maximum Gasteiger partial charge on any atom is 0.240 e. The average Bonchev–Trinajstić information content (AvgIpc) is 2.85. The monoisotopic (exact) mass is 282 g/mol. The highest BCUT2D eigenvalue weighted by Crippen LogP contribution is 2.24. The summed E-state index contributed by atoms with van der Waals surface area (Å²) in [6, 6.07) is 5.27. The third kappa shape index (κ3) is 3.35. The van der Waals surface area contributed by atoms with Gasteiger partial charge in [-0.15, -0.1) is 0 Å². The second kappa shape index (κ2) is 6.03. The molecule has 1 aliphatic carbocycles. The number of nitrogens with one attached hydrogen (secondary N) is 1. The number of hydrogen-bond acceptors (Lipinski definition) is 3. The first-order valence-electron chi connectivity index (χ1n) is 6.91. The van der Waals surface area contributed by atoms with Crippen molar-refractivity contribution in [1.29, 1.82) is 0 Å². The van der Waals surface area contributed by atoms with E-state index in [0.717, 1.165) is 32.1 Å². The summed E-state index contributed by atoms with van der Waals surface area (Å²) in [5, 5.41) is 0. The lowest BCUT2D eigenvalue weighted by molar-refractivity contribution is 0.527. The smallest absolute Gasteiger partial charge is 0.240 e. The summed E-state index contributed by atoms with van der Waals surface area (Å²) in [6.07, 6.45) is 4.83. The van der Waals surface area contributed by atoms with Gasteiger partial charge in [-0.2, -0.15) is 0 Å². The van der Waals surface area contributed by atoms with Crippen molar-refractivity contribution < 1.29 is 8.42 Å². The van der Waals surface area contributed by atoms with Crippen molar-refractivity contribution in [3.8, 4) is 0 Å². The predicted octanol–water partition coefficient (Wildman–Crippen LogP) is 1.58. The van der Waals surface area contributed by atoms with Gasteiger partial charge in [0.1, 0.15) is 0 Å². The molecule has 5 heteroatoms. The summed E-state index contributed by atoms with van der Waals surface area (Å²) >= 11 is 0. The van der Waals surface area contributed by atoms with Crippen molar-refractivity contribution in [3.05, 3.63) is 29.3 Å². The average molecular weight is 282 g/mol. The van der Waals surface area contributed by atoms with Gasteiger partial charge in [0.2, 0.25) is 10.0 Å². The zero-order valence-electron chi connectivity index (χ0n) is 11.4. The number of nitrogens with two attached hydrogens (primary N) is 1. The van der Waals surface area contributed by atoms with Crippen LogP contribution in [0.3, 0.4) is 0 Å². The third-order valence-corrected chi connectivity index (χ3v) is 5.14. The van der Waals surface area contributed by atoms with E-state index < -0.39 is 10.0 Å². The largest absolute Gasteiger partial charge is 0.329 e. The molecule has 4 nitrogen and oxygen atoms in total. The second-order valence-corrected chi connectivity index (χ2v) is 6.84. The van der Waals surface area contributed by atoms with Crippen LogP contribution in [0.15, 0.2) is 23.1 Å². The van der Waals surface area contributed by atoms with Crippen LogP contribution in [0.2, 0.25) is 0 Å². The molecule has 1 atom stereocenters. The molecule has 0 saturated carbocycles. The van der Waals surface area contributed by atoms with Crippen molar-refractivity contribution in [2.45, 2.75) is 50.0 Å². The lowest BCUT2D eigenvalue weighted by Crippen LogP contribution is -2.40. The van der Waals surface area contributed by atoms with Gasteiger partial charge in [0.25, 0.3) is 0 Å². The van der Waals surface area contributed by atoms with E-state index in [0.29, 0.717) is 11.4 Å². The number of benzene rings is 1. The lowest BCUT2D eigenvalue weighted by Gasteiger charge is -2.16. The Morgan fingerprint density at radius 2 is 2.05 bits per heavy atom. The summed E-state index contributed by atoms with van der Waals surface area (Å²) in [6.45, 7) is 2.35. The molecule has 0 aromatic heterocycles. The molecule has 0 amide bonds. The van der Waals surface area contributed by atoms with E-state index in [9.17, 15) is 8.42 Å². The van der Waals surface area contributed by atoms with E-state index in [1.807, 2.05) is 19.1 Å². The van der Waals surface area contributed by atoms with Crippen LogP contribution < -0.4 is 10.5 Å². The van der Waals surface area contributed by atoms with Gasteiger partial charge >= 0.3 is 0 Å². The molecule has 0 heterocycles. The van der Waals surface area contributed by atoms with Crippen LogP contribution in [0.5, 0.6) is 0 Å². The van der Waals surface area contributed by atoms with E-state index in [1.165, 1.54) is 11.1 Å². The van der Waals surface area contributed by atoms with Crippen LogP contribution in [-0.4, -0.2) is 21.0 Å². The highest BCUT2D eigenvalue weighted by Gasteiger charge is 2.21. The van der Waals surface area contributed by atoms with Gasteiger partial charge in [-0.3, -0.25) is 0 Å². The molecule has 1 aromatic rings. The summed E-state index contributed by atoms with van der Waals surface area (Å²) in [5.74, 6) is 0. The Balaban J connectivity index is 2.19. The molecular formula is C14H22N2O2S. The zero-order chi connectivity index (χ0) is 13.9. The van der Waals surface area contributed by atoms with Crippen molar-refractivity contribution in [2.75, 3.05) is 6.54 Å². The topological polar surface area (TPSA) is 72.2 Å². The van der Waals surface area contributed by atoms with Crippen molar-refractivity contribution in [3.63, 3.8) is 0 Å². The minimum Gasteiger partial charge on any atom is -0.329 e.